The van der Waals surface area contributed by atoms with Crippen molar-refractivity contribution in [3.63, 3.8) is 0 Å². The Morgan fingerprint density at radius 1 is 1.20 bits per heavy atom. The molecule has 1 N–H and O–H groups in total. The first-order chi connectivity index (χ1) is 12.3. The molecule has 0 radical (unpaired) electrons. The summed E-state index contributed by atoms with van der Waals surface area (Å²) < 4.78 is 16.9. The van der Waals surface area contributed by atoms with Crippen molar-refractivity contribution in [1.29, 1.82) is 0 Å². The highest BCUT2D eigenvalue weighted by molar-refractivity contribution is 5.47. The Morgan fingerprint density at radius 3 is 2.64 bits per heavy atom. The SMILES string of the molecule is C=CCc1c(CO)ccc(CCCCCOC2CCOCC2)c1OC. The molecule has 140 valence electrons. The number of aliphatic hydroxyl groups excluding tert-OH is 1. The molecule has 1 aromatic rings. The maximum atomic E-state index is 9.52. The second-order valence-corrected chi connectivity index (χ2v) is 6.54. The van der Waals surface area contributed by atoms with Gasteiger partial charge >= 0.3 is 0 Å². The first-order valence-corrected chi connectivity index (χ1v) is 9.38. The van der Waals surface area contributed by atoms with Gasteiger partial charge in [0, 0.05) is 25.4 Å². The third-order valence-electron chi connectivity index (χ3n) is 4.77. The van der Waals surface area contributed by atoms with Gasteiger partial charge in [-0.15, -0.1) is 6.58 Å². The summed E-state index contributed by atoms with van der Waals surface area (Å²) in [7, 11) is 1.70. The summed E-state index contributed by atoms with van der Waals surface area (Å²) in [5.41, 5.74) is 3.19. The summed E-state index contributed by atoms with van der Waals surface area (Å²) in [6, 6.07) is 4.08. The fourth-order valence-electron chi connectivity index (χ4n) is 3.37. The van der Waals surface area contributed by atoms with E-state index in [1.54, 1.807) is 7.11 Å². The molecule has 1 aromatic carbocycles. The number of rotatable bonds is 11. The van der Waals surface area contributed by atoms with Crippen LogP contribution in [-0.4, -0.2) is 38.1 Å². The van der Waals surface area contributed by atoms with Gasteiger partial charge in [0.25, 0.3) is 0 Å². The lowest BCUT2D eigenvalue weighted by Crippen LogP contribution is -2.23. The molecule has 0 aromatic heterocycles. The topological polar surface area (TPSA) is 47.9 Å². The van der Waals surface area contributed by atoms with Gasteiger partial charge in [0.1, 0.15) is 5.75 Å². The quantitative estimate of drug-likeness (QED) is 0.488. The Bertz CT molecular complexity index is 521. The Kier molecular flexibility index (Phi) is 9.02. The number of aryl methyl sites for hydroxylation is 1. The monoisotopic (exact) mass is 348 g/mol. The van der Waals surface area contributed by atoms with Crippen LogP contribution in [0.1, 0.15) is 48.8 Å². The van der Waals surface area contributed by atoms with Crippen molar-refractivity contribution in [2.24, 2.45) is 0 Å². The van der Waals surface area contributed by atoms with Crippen LogP contribution in [0.4, 0.5) is 0 Å². The maximum Gasteiger partial charge on any atom is 0.125 e. The third-order valence-corrected chi connectivity index (χ3v) is 4.77. The summed E-state index contributed by atoms with van der Waals surface area (Å²) in [5.74, 6) is 0.907. The van der Waals surface area contributed by atoms with Gasteiger partial charge in [-0.3, -0.25) is 0 Å². The zero-order valence-electron chi connectivity index (χ0n) is 15.5. The van der Waals surface area contributed by atoms with Crippen molar-refractivity contribution in [2.45, 2.75) is 57.7 Å². The minimum atomic E-state index is 0.0311. The zero-order valence-corrected chi connectivity index (χ0v) is 15.5. The molecule has 1 heterocycles. The predicted molar refractivity (Wildman–Crippen MR) is 100 cm³/mol. The molecule has 0 saturated carbocycles. The molecule has 2 rings (SSSR count). The minimum absolute atomic E-state index is 0.0311. The van der Waals surface area contributed by atoms with Crippen LogP contribution >= 0.6 is 0 Å². The number of allylic oxidation sites excluding steroid dienone is 1. The van der Waals surface area contributed by atoms with Crippen molar-refractivity contribution < 1.29 is 19.3 Å². The first-order valence-electron chi connectivity index (χ1n) is 9.38. The highest BCUT2D eigenvalue weighted by atomic mass is 16.5. The van der Waals surface area contributed by atoms with Crippen molar-refractivity contribution in [2.75, 3.05) is 26.9 Å². The molecule has 4 heteroatoms. The molecule has 1 fully saturated rings. The second-order valence-electron chi connectivity index (χ2n) is 6.54. The summed E-state index contributed by atoms with van der Waals surface area (Å²) in [5, 5.41) is 9.52. The lowest BCUT2D eigenvalue weighted by atomic mass is 9.96. The van der Waals surface area contributed by atoms with Crippen LogP contribution in [0.5, 0.6) is 5.75 Å². The highest BCUT2D eigenvalue weighted by Gasteiger charge is 2.14. The molecule has 25 heavy (non-hydrogen) atoms. The molecule has 1 saturated heterocycles. The summed E-state index contributed by atoms with van der Waals surface area (Å²) in [6.07, 6.45) is 9.34. The molecule has 0 unspecified atom stereocenters. The molecule has 0 aliphatic carbocycles. The smallest absolute Gasteiger partial charge is 0.125 e. The summed E-state index contributed by atoms with van der Waals surface area (Å²) in [6.45, 7) is 6.35. The average molecular weight is 348 g/mol. The van der Waals surface area contributed by atoms with Gasteiger partial charge < -0.3 is 19.3 Å². The van der Waals surface area contributed by atoms with Crippen LogP contribution in [0.15, 0.2) is 24.8 Å². The average Bonchev–Trinajstić information content (AvgIpc) is 2.65. The Balaban J connectivity index is 1.77. The summed E-state index contributed by atoms with van der Waals surface area (Å²) in [4.78, 5) is 0. The standard InChI is InChI=1S/C21H32O4/c1-3-7-20-18(16-22)10-9-17(21(20)23-2)8-5-4-6-13-25-19-11-14-24-15-12-19/h3,9-10,19,22H,1,4-8,11-16H2,2H3. The number of benzene rings is 1. The molecule has 1 aliphatic rings. The van der Waals surface area contributed by atoms with Gasteiger partial charge in [0.2, 0.25) is 0 Å². The lowest BCUT2D eigenvalue weighted by Gasteiger charge is -2.22. The van der Waals surface area contributed by atoms with Crippen LogP contribution in [-0.2, 0) is 28.9 Å². The van der Waals surface area contributed by atoms with Gasteiger partial charge in [-0.05, 0) is 49.7 Å². The first kappa shape index (κ1) is 20.0. The second kappa shape index (κ2) is 11.3. The molecule has 0 spiro atoms. The lowest BCUT2D eigenvalue weighted by molar-refractivity contribution is -0.0327. The number of hydrogen-bond acceptors (Lipinski definition) is 4. The Morgan fingerprint density at radius 2 is 1.96 bits per heavy atom. The van der Waals surface area contributed by atoms with Crippen LogP contribution in [0, 0.1) is 0 Å². The van der Waals surface area contributed by atoms with E-state index in [2.05, 4.69) is 12.6 Å². The van der Waals surface area contributed by atoms with Gasteiger partial charge in [-0.2, -0.15) is 0 Å². The normalized spacial score (nSPS) is 15.3. The number of aliphatic hydroxyl groups is 1. The van der Waals surface area contributed by atoms with E-state index >= 15 is 0 Å². The van der Waals surface area contributed by atoms with E-state index in [4.69, 9.17) is 14.2 Å². The van der Waals surface area contributed by atoms with Crippen molar-refractivity contribution in [3.05, 3.63) is 41.5 Å². The predicted octanol–water partition coefficient (Wildman–Crippen LogP) is 3.82. The number of methoxy groups -OCH3 is 1. The fourth-order valence-corrected chi connectivity index (χ4v) is 3.37. The van der Waals surface area contributed by atoms with Gasteiger partial charge in [0.15, 0.2) is 0 Å². The van der Waals surface area contributed by atoms with E-state index in [0.717, 1.165) is 75.2 Å². The number of unbranched alkanes of at least 4 members (excludes halogenated alkanes) is 2. The minimum Gasteiger partial charge on any atom is -0.496 e. The van der Waals surface area contributed by atoms with E-state index in [1.807, 2.05) is 12.1 Å². The Labute approximate surface area is 151 Å². The van der Waals surface area contributed by atoms with Crippen LogP contribution in [0.2, 0.25) is 0 Å². The number of hydrogen-bond donors (Lipinski definition) is 1. The van der Waals surface area contributed by atoms with Crippen LogP contribution in [0.25, 0.3) is 0 Å². The van der Waals surface area contributed by atoms with Crippen LogP contribution < -0.4 is 4.74 Å². The molecule has 0 amide bonds. The van der Waals surface area contributed by atoms with Gasteiger partial charge in [-0.25, -0.2) is 0 Å². The molecular formula is C21H32O4. The van der Waals surface area contributed by atoms with Crippen LogP contribution in [0.3, 0.4) is 0 Å². The largest absolute Gasteiger partial charge is 0.496 e. The van der Waals surface area contributed by atoms with Gasteiger partial charge in [0.05, 0.1) is 19.8 Å². The summed E-state index contributed by atoms with van der Waals surface area (Å²) >= 11 is 0. The third kappa shape index (κ3) is 6.14. The molecule has 1 aliphatic heterocycles. The van der Waals surface area contributed by atoms with E-state index in [9.17, 15) is 5.11 Å². The molecule has 0 bridgehead atoms. The van der Waals surface area contributed by atoms with Gasteiger partial charge in [-0.1, -0.05) is 24.6 Å². The molecule has 0 atom stereocenters. The highest BCUT2D eigenvalue weighted by Crippen LogP contribution is 2.29. The van der Waals surface area contributed by atoms with E-state index in [-0.39, 0.29) is 6.61 Å². The fraction of sp³-hybridized carbons (Fsp3) is 0.619. The van der Waals surface area contributed by atoms with Crippen molar-refractivity contribution in [3.8, 4) is 5.75 Å². The van der Waals surface area contributed by atoms with Crippen molar-refractivity contribution >= 4 is 0 Å². The Hall–Kier alpha value is -1.36. The van der Waals surface area contributed by atoms with Crippen molar-refractivity contribution in [1.82, 2.24) is 0 Å². The van der Waals surface area contributed by atoms with E-state index in [0.29, 0.717) is 12.5 Å². The number of ether oxygens (including phenoxy) is 3. The maximum absolute atomic E-state index is 9.52. The van der Waals surface area contributed by atoms with E-state index in [1.165, 1.54) is 5.56 Å². The zero-order chi connectivity index (χ0) is 17.9. The van der Waals surface area contributed by atoms with E-state index < -0.39 is 0 Å². The molecule has 4 nitrogen and oxygen atoms in total. The molecular weight excluding hydrogens is 316 g/mol.